The molecule has 0 aromatic heterocycles. The molecule has 0 bridgehead atoms. The van der Waals surface area contributed by atoms with Gasteiger partial charge in [-0.25, -0.2) is 4.21 Å². The number of halogens is 1. The SMILES string of the molecule is C=C(F)OS(=O)[O-]. The van der Waals surface area contributed by atoms with Gasteiger partial charge < -0.3 is 8.74 Å². The van der Waals surface area contributed by atoms with Crippen molar-refractivity contribution in [1.29, 1.82) is 0 Å². The monoisotopic (exact) mass is 125 g/mol. The van der Waals surface area contributed by atoms with Crippen LogP contribution in [0, 0.1) is 0 Å². The Morgan fingerprint density at radius 2 is 2.43 bits per heavy atom. The van der Waals surface area contributed by atoms with Crippen LogP contribution in [0.5, 0.6) is 0 Å². The van der Waals surface area contributed by atoms with Gasteiger partial charge in [-0.05, 0) is 6.58 Å². The van der Waals surface area contributed by atoms with Crippen molar-refractivity contribution in [3.63, 3.8) is 0 Å². The lowest BCUT2D eigenvalue weighted by molar-refractivity contribution is 0.293. The third-order valence-electron chi connectivity index (χ3n) is 0.158. The van der Waals surface area contributed by atoms with Gasteiger partial charge in [-0.15, -0.1) is 0 Å². The Balaban J connectivity index is 3.32. The molecule has 1 unspecified atom stereocenters. The summed E-state index contributed by atoms with van der Waals surface area (Å²) in [7, 11) is 0. The molecule has 0 rings (SSSR count). The highest BCUT2D eigenvalue weighted by molar-refractivity contribution is 7.74. The number of hydrogen-bond donors (Lipinski definition) is 0. The molecule has 5 heteroatoms. The molecule has 0 saturated carbocycles. The Labute approximate surface area is 42.3 Å². The molecule has 0 aromatic rings. The third-order valence-corrected chi connectivity index (χ3v) is 0.475. The van der Waals surface area contributed by atoms with E-state index in [2.05, 4.69) is 10.8 Å². The first-order valence-corrected chi connectivity index (χ1v) is 2.25. The van der Waals surface area contributed by atoms with E-state index < -0.39 is 17.4 Å². The quantitative estimate of drug-likeness (QED) is 0.392. The van der Waals surface area contributed by atoms with E-state index in [1.165, 1.54) is 0 Å². The minimum atomic E-state index is -2.82. The second-order valence-corrected chi connectivity index (χ2v) is 1.22. The zero-order chi connectivity index (χ0) is 5.86. The predicted octanol–water partition coefficient (Wildman–Crippen LogP) is 0.238. The highest BCUT2D eigenvalue weighted by atomic mass is 32.2. The number of hydrogen-bond acceptors (Lipinski definition) is 3. The summed E-state index contributed by atoms with van der Waals surface area (Å²) in [6.07, 6.45) is 0. The summed E-state index contributed by atoms with van der Waals surface area (Å²) in [4.78, 5) is 0. The van der Waals surface area contributed by atoms with Crippen LogP contribution in [0.4, 0.5) is 4.39 Å². The zero-order valence-corrected chi connectivity index (χ0v) is 4.03. The molecule has 0 heterocycles. The molecule has 0 N–H and O–H groups in total. The van der Waals surface area contributed by atoms with Crippen molar-refractivity contribution in [2.45, 2.75) is 0 Å². The highest BCUT2D eigenvalue weighted by Gasteiger charge is 1.84. The maximum atomic E-state index is 11.1. The molecule has 0 amide bonds. The van der Waals surface area contributed by atoms with Crippen molar-refractivity contribution >= 4 is 11.4 Å². The van der Waals surface area contributed by atoms with Crippen LogP contribution < -0.4 is 0 Å². The van der Waals surface area contributed by atoms with Gasteiger partial charge in [-0.1, -0.05) is 0 Å². The van der Waals surface area contributed by atoms with E-state index in [1.807, 2.05) is 0 Å². The molecule has 0 spiro atoms. The molecule has 1 atom stereocenters. The molecule has 42 valence electrons. The van der Waals surface area contributed by atoms with Crippen LogP contribution in [0.1, 0.15) is 0 Å². The van der Waals surface area contributed by atoms with E-state index in [0.29, 0.717) is 0 Å². The Kier molecular flexibility index (Phi) is 2.54. The van der Waals surface area contributed by atoms with Gasteiger partial charge in [0.2, 0.25) is 0 Å². The van der Waals surface area contributed by atoms with Crippen molar-refractivity contribution in [1.82, 2.24) is 0 Å². The van der Waals surface area contributed by atoms with Crippen LogP contribution in [-0.4, -0.2) is 8.76 Å². The van der Waals surface area contributed by atoms with Crippen molar-refractivity contribution in [3.8, 4) is 0 Å². The molecule has 3 nitrogen and oxygen atoms in total. The largest absolute Gasteiger partial charge is 0.740 e. The normalized spacial score (nSPS) is 12.9. The molecule has 0 aliphatic rings. The van der Waals surface area contributed by atoms with Gasteiger partial charge in [0.05, 0.1) is 0 Å². The average molecular weight is 125 g/mol. The molecule has 0 aliphatic carbocycles. The lowest BCUT2D eigenvalue weighted by atomic mass is 11.1. The average Bonchev–Trinajstić information content (AvgIpc) is 1.27. The Bertz CT molecular complexity index is 89.1. The summed E-state index contributed by atoms with van der Waals surface area (Å²) in [5, 5.41) is 0. The summed E-state index contributed by atoms with van der Waals surface area (Å²) < 4.78 is 33.0. The second-order valence-electron chi connectivity index (χ2n) is 0.643. The summed E-state index contributed by atoms with van der Waals surface area (Å²) in [5.41, 5.74) is 0. The Morgan fingerprint density at radius 1 is 2.00 bits per heavy atom. The van der Waals surface area contributed by atoms with E-state index in [-0.39, 0.29) is 0 Å². The third kappa shape index (κ3) is 5.58. The van der Waals surface area contributed by atoms with Gasteiger partial charge in [-0.3, -0.25) is 0 Å². The van der Waals surface area contributed by atoms with Gasteiger partial charge in [0.15, 0.2) is 0 Å². The molecule has 0 aliphatic heterocycles. The van der Waals surface area contributed by atoms with Gasteiger partial charge >= 0.3 is 0 Å². The molecule has 0 fully saturated rings. The fourth-order valence-electron chi connectivity index (χ4n) is 0.0738. The molecule has 0 saturated heterocycles. The van der Waals surface area contributed by atoms with Gasteiger partial charge in [0.1, 0.15) is 11.4 Å². The standard InChI is InChI=1S/C2H3FO3S/c1-2(3)6-7(4)5/h1H2,(H,4,5)/p-1. The summed E-state index contributed by atoms with van der Waals surface area (Å²) >= 11 is -2.82. The van der Waals surface area contributed by atoms with Crippen LogP contribution in [0.15, 0.2) is 12.6 Å². The number of rotatable bonds is 2. The highest BCUT2D eigenvalue weighted by Crippen LogP contribution is 1.93. The first-order chi connectivity index (χ1) is 3.13. The topological polar surface area (TPSA) is 49.4 Å². The molecule has 0 radical (unpaired) electrons. The van der Waals surface area contributed by atoms with Crippen LogP contribution in [0.25, 0.3) is 0 Å². The molecule has 0 aromatic carbocycles. The van der Waals surface area contributed by atoms with E-state index in [0.717, 1.165) is 0 Å². The Hall–Kier alpha value is -0.420. The first kappa shape index (κ1) is 6.58. The van der Waals surface area contributed by atoms with E-state index in [4.69, 9.17) is 0 Å². The van der Waals surface area contributed by atoms with Crippen molar-refractivity contribution in [3.05, 3.63) is 12.6 Å². The molecular formula is C2H2FO3S-. The smallest absolute Gasteiger partial charge is 0.279 e. The summed E-state index contributed by atoms with van der Waals surface area (Å²) in [5.74, 6) is 0. The predicted molar refractivity (Wildman–Crippen MR) is 20.3 cm³/mol. The van der Waals surface area contributed by atoms with Crippen molar-refractivity contribution < 1.29 is 17.3 Å². The van der Waals surface area contributed by atoms with Crippen LogP contribution in [-0.2, 0) is 15.5 Å². The van der Waals surface area contributed by atoms with Gasteiger partial charge in [0.25, 0.3) is 6.01 Å². The van der Waals surface area contributed by atoms with E-state index in [1.54, 1.807) is 0 Å². The minimum Gasteiger partial charge on any atom is -0.740 e. The fourth-order valence-corrected chi connectivity index (χ4v) is 0.221. The van der Waals surface area contributed by atoms with E-state index >= 15 is 0 Å². The molecular weight excluding hydrogens is 123 g/mol. The maximum absolute atomic E-state index is 11.1. The lowest BCUT2D eigenvalue weighted by Crippen LogP contribution is -1.89. The second kappa shape index (κ2) is 2.70. The van der Waals surface area contributed by atoms with Crippen LogP contribution >= 0.6 is 0 Å². The summed E-state index contributed by atoms with van der Waals surface area (Å²) in [6, 6.07) is -1.33. The van der Waals surface area contributed by atoms with Crippen molar-refractivity contribution in [2.75, 3.05) is 0 Å². The summed E-state index contributed by atoms with van der Waals surface area (Å²) in [6.45, 7) is 2.51. The fraction of sp³-hybridized carbons (Fsp3) is 0. The van der Waals surface area contributed by atoms with E-state index in [9.17, 15) is 13.2 Å². The van der Waals surface area contributed by atoms with Crippen molar-refractivity contribution in [2.24, 2.45) is 0 Å². The van der Waals surface area contributed by atoms with Gasteiger partial charge in [-0.2, -0.15) is 4.39 Å². The van der Waals surface area contributed by atoms with Gasteiger partial charge in [0, 0.05) is 0 Å². The maximum Gasteiger partial charge on any atom is 0.279 e. The zero-order valence-electron chi connectivity index (χ0n) is 3.22. The lowest BCUT2D eigenvalue weighted by Gasteiger charge is -2.00. The minimum absolute atomic E-state index is 1.33. The van der Waals surface area contributed by atoms with Crippen LogP contribution in [0.3, 0.4) is 0 Å². The molecule has 7 heavy (non-hydrogen) atoms. The Morgan fingerprint density at radius 3 is 2.43 bits per heavy atom. The first-order valence-electron chi connectivity index (χ1n) is 1.25. The van der Waals surface area contributed by atoms with Crippen LogP contribution in [0.2, 0.25) is 0 Å².